The Labute approximate surface area is 186 Å². The van der Waals surface area contributed by atoms with Crippen LogP contribution in [0.25, 0.3) is 16.5 Å². The molecule has 3 aromatic rings. The Morgan fingerprint density at radius 3 is 2.62 bits per heavy atom. The Morgan fingerprint density at radius 1 is 1.00 bits per heavy atom. The van der Waals surface area contributed by atoms with Crippen molar-refractivity contribution < 1.29 is 9.59 Å². The van der Waals surface area contributed by atoms with Crippen molar-refractivity contribution in [3.05, 3.63) is 71.4 Å². The van der Waals surface area contributed by atoms with E-state index in [1.165, 1.54) is 5.56 Å². The van der Waals surface area contributed by atoms with Gasteiger partial charge in [0.2, 0.25) is 0 Å². The van der Waals surface area contributed by atoms with Crippen LogP contribution in [-0.2, 0) is 6.42 Å². The van der Waals surface area contributed by atoms with E-state index in [4.69, 9.17) is 0 Å². The highest BCUT2D eigenvalue weighted by atomic mass is 16.2. The molecule has 1 aliphatic carbocycles. The van der Waals surface area contributed by atoms with Crippen molar-refractivity contribution in [1.82, 2.24) is 14.8 Å². The molecule has 1 aromatic heterocycles. The third-order valence-electron chi connectivity index (χ3n) is 7.01. The highest BCUT2D eigenvalue weighted by Gasteiger charge is 2.38. The van der Waals surface area contributed by atoms with Crippen LogP contribution >= 0.6 is 0 Å². The highest BCUT2D eigenvalue weighted by Crippen LogP contribution is 2.42. The van der Waals surface area contributed by atoms with Gasteiger partial charge in [0.25, 0.3) is 5.91 Å². The highest BCUT2D eigenvalue weighted by molar-refractivity contribution is 6.09. The molecular weight excluding hydrogens is 400 g/mol. The zero-order valence-electron chi connectivity index (χ0n) is 17.9. The summed E-state index contributed by atoms with van der Waals surface area (Å²) < 4.78 is 0. The molecule has 1 atom stereocenters. The summed E-state index contributed by atoms with van der Waals surface area (Å²) in [7, 11) is 0. The summed E-state index contributed by atoms with van der Waals surface area (Å²) in [5, 5.41) is 4.19. The lowest BCUT2D eigenvalue weighted by Crippen LogP contribution is -2.48. The van der Waals surface area contributed by atoms with Gasteiger partial charge in [0, 0.05) is 53.5 Å². The van der Waals surface area contributed by atoms with Gasteiger partial charge in [-0.1, -0.05) is 24.3 Å². The molecule has 0 bridgehead atoms. The number of para-hydroxylation sites is 1. The summed E-state index contributed by atoms with van der Waals surface area (Å²) >= 11 is 0. The molecule has 1 saturated heterocycles. The van der Waals surface area contributed by atoms with Crippen LogP contribution < -0.4 is 5.32 Å². The van der Waals surface area contributed by atoms with Crippen molar-refractivity contribution in [2.45, 2.75) is 31.7 Å². The molecule has 0 saturated carbocycles. The summed E-state index contributed by atoms with van der Waals surface area (Å²) in [4.78, 5) is 34.0. The van der Waals surface area contributed by atoms with Gasteiger partial charge in [-0.25, -0.2) is 4.79 Å². The number of hydrogen-bond acceptors (Lipinski definition) is 2. The van der Waals surface area contributed by atoms with Gasteiger partial charge in [0.1, 0.15) is 0 Å². The summed E-state index contributed by atoms with van der Waals surface area (Å²) in [5.41, 5.74) is 5.91. The number of nitrogens with one attached hydrogen (secondary N) is 2. The molecule has 1 fully saturated rings. The lowest BCUT2D eigenvalue weighted by Gasteiger charge is -2.39. The number of H-pyrrole nitrogens is 1. The topological polar surface area (TPSA) is 68.4 Å². The lowest BCUT2D eigenvalue weighted by molar-refractivity contribution is 0.0792. The molecule has 3 amide bonds. The number of hydrogen-bond donors (Lipinski definition) is 2. The Balaban J connectivity index is 1.40. The Bertz CT molecular complexity index is 1240. The second kappa shape index (κ2) is 7.55. The van der Waals surface area contributed by atoms with E-state index in [1.807, 2.05) is 58.5 Å². The molecule has 32 heavy (non-hydrogen) atoms. The third-order valence-corrected chi connectivity index (χ3v) is 7.01. The third kappa shape index (κ3) is 3.01. The van der Waals surface area contributed by atoms with E-state index in [2.05, 4.69) is 16.4 Å². The fourth-order valence-corrected chi connectivity index (χ4v) is 5.50. The normalized spacial score (nSPS) is 19.6. The number of carbonyl (C=O) groups excluding carboxylic acids is 2. The summed E-state index contributed by atoms with van der Waals surface area (Å²) in [6, 6.07) is 13.4. The summed E-state index contributed by atoms with van der Waals surface area (Å²) in [6.07, 6.45) is 7.94. The van der Waals surface area contributed by atoms with Crippen molar-refractivity contribution in [3.8, 4) is 0 Å². The Hall–Kier alpha value is -3.54. The van der Waals surface area contributed by atoms with Crippen LogP contribution in [-0.4, -0.2) is 52.4 Å². The van der Waals surface area contributed by atoms with Crippen LogP contribution in [0.3, 0.4) is 0 Å². The van der Waals surface area contributed by atoms with Crippen LogP contribution in [0.2, 0.25) is 0 Å². The molecule has 2 aromatic carbocycles. The summed E-state index contributed by atoms with van der Waals surface area (Å²) in [6.45, 7) is 2.31. The molecule has 162 valence electrons. The molecule has 3 heterocycles. The van der Waals surface area contributed by atoms with Gasteiger partial charge >= 0.3 is 6.03 Å². The fraction of sp³-hybridized carbons (Fsp3) is 0.308. The first-order chi connectivity index (χ1) is 15.7. The lowest BCUT2D eigenvalue weighted by atomic mass is 9.79. The van der Waals surface area contributed by atoms with Crippen molar-refractivity contribution in [3.63, 3.8) is 0 Å². The summed E-state index contributed by atoms with van der Waals surface area (Å²) in [5.74, 6) is 0.110. The largest absolute Gasteiger partial charge is 0.361 e. The zero-order valence-corrected chi connectivity index (χ0v) is 17.9. The fourth-order valence-electron chi connectivity index (χ4n) is 5.50. The van der Waals surface area contributed by atoms with Crippen LogP contribution in [0.15, 0.2) is 54.7 Å². The second-order valence-electron chi connectivity index (χ2n) is 8.88. The van der Waals surface area contributed by atoms with Gasteiger partial charge in [-0.3, -0.25) is 4.79 Å². The van der Waals surface area contributed by atoms with E-state index in [-0.39, 0.29) is 18.0 Å². The molecular formula is C26H26N4O2. The SMILES string of the molecule is O=C(c1ccc2[nH]cc3c2c1C1=CCCN(C(=O)Nc2ccccc2)C1C3)N1CCCC1. The van der Waals surface area contributed by atoms with Crippen LogP contribution in [0.5, 0.6) is 0 Å². The van der Waals surface area contributed by atoms with E-state index in [0.717, 1.165) is 72.1 Å². The number of aromatic amines is 1. The molecule has 0 radical (unpaired) electrons. The van der Waals surface area contributed by atoms with Gasteiger partial charge < -0.3 is 20.1 Å². The Morgan fingerprint density at radius 2 is 1.81 bits per heavy atom. The maximum absolute atomic E-state index is 13.5. The molecule has 2 aliphatic heterocycles. The number of rotatable bonds is 2. The maximum atomic E-state index is 13.5. The smallest absolute Gasteiger partial charge is 0.322 e. The van der Waals surface area contributed by atoms with Gasteiger partial charge in [-0.05, 0) is 61.1 Å². The molecule has 6 rings (SSSR count). The average molecular weight is 427 g/mol. The quantitative estimate of drug-likeness (QED) is 0.626. The number of fused-ring (bicyclic) bond motifs is 2. The van der Waals surface area contributed by atoms with Crippen LogP contribution in [0.4, 0.5) is 10.5 Å². The molecule has 1 unspecified atom stereocenters. The monoisotopic (exact) mass is 426 g/mol. The predicted molar refractivity (Wildman–Crippen MR) is 126 cm³/mol. The second-order valence-corrected chi connectivity index (χ2v) is 8.88. The zero-order chi connectivity index (χ0) is 21.7. The molecule has 2 N–H and O–H groups in total. The number of carbonyl (C=O) groups is 2. The van der Waals surface area contributed by atoms with Gasteiger partial charge in [-0.15, -0.1) is 0 Å². The molecule has 6 nitrogen and oxygen atoms in total. The van der Waals surface area contributed by atoms with Crippen molar-refractivity contribution >= 4 is 34.1 Å². The standard InChI is InChI=1S/C26H26N4O2/c31-25(29-12-4-5-13-29)20-10-11-21-23-17(16-27-21)15-22-19(24(20)23)9-6-14-30(22)26(32)28-18-7-2-1-3-8-18/h1-3,7-11,16,22,27H,4-6,12-15H2,(H,28,32). The minimum atomic E-state index is -0.0922. The minimum absolute atomic E-state index is 0.0773. The number of aromatic nitrogens is 1. The number of anilines is 1. The number of likely N-dealkylation sites (tertiary alicyclic amines) is 1. The molecule has 6 heteroatoms. The first-order valence-electron chi connectivity index (χ1n) is 11.5. The maximum Gasteiger partial charge on any atom is 0.322 e. The number of amides is 3. The van der Waals surface area contributed by atoms with Gasteiger partial charge in [0.05, 0.1) is 6.04 Å². The minimum Gasteiger partial charge on any atom is -0.361 e. The van der Waals surface area contributed by atoms with E-state index < -0.39 is 0 Å². The number of nitrogens with zero attached hydrogens (tertiary/aromatic N) is 2. The first kappa shape index (κ1) is 19.2. The van der Waals surface area contributed by atoms with Crippen molar-refractivity contribution in [2.75, 3.05) is 25.0 Å². The first-order valence-corrected chi connectivity index (χ1v) is 11.5. The predicted octanol–water partition coefficient (Wildman–Crippen LogP) is 4.65. The number of benzene rings is 2. The van der Waals surface area contributed by atoms with E-state index in [9.17, 15) is 9.59 Å². The van der Waals surface area contributed by atoms with Crippen molar-refractivity contribution in [1.29, 1.82) is 0 Å². The average Bonchev–Trinajstić information content (AvgIpc) is 3.50. The molecule has 0 spiro atoms. The number of urea groups is 1. The van der Waals surface area contributed by atoms with Crippen LogP contribution in [0.1, 0.15) is 40.7 Å². The van der Waals surface area contributed by atoms with E-state index >= 15 is 0 Å². The van der Waals surface area contributed by atoms with Gasteiger partial charge in [0.15, 0.2) is 0 Å². The van der Waals surface area contributed by atoms with Gasteiger partial charge in [-0.2, -0.15) is 0 Å². The Kier molecular flexibility index (Phi) is 4.52. The van der Waals surface area contributed by atoms with Crippen LogP contribution in [0, 0.1) is 0 Å². The molecule has 3 aliphatic rings. The van der Waals surface area contributed by atoms with E-state index in [0.29, 0.717) is 6.54 Å². The van der Waals surface area contributed by atoms with E-state index in [1.54, 1.807) is 0 Å². The van der Waals surface area contributed by atoms with Crippen molar-refractivity contribution in [2.24, 2.45) is 0 Å².